The van der Waals surface area contributed by atoms with Gasteiger partial charge in [0.2, 0.25) is 5.91 Å². The first-order valence-corrected chi connectivity index (χ1v) is 6.96. The van der Waals surface area contributed by atoms with Gasteiger partial charge in [-0.25, -0.2) is 0 Å². The van der Waals surface area contributed by atoms with Crippen molar-refractivity contribution in [1.82, 2.24) is 0 Å². The fourth-order valence-electron chi connectivity index (χ4n) is 2.33. The SMILES string of the molecule is Cc1cc(/N=N/c2ccc3c(c2)CCC(=O)N3)c(N)cc1O. The average Bonchev–Trinajstić information content (AvgIpc) is 2.49. The minimum Gasteiger partial charge on any atom is -0.508 e. The van der Waals surface area contributed by atoms with Crippen molar-refractivity contribution in [3.8, 4) is 5.75 Å². The number of aryl methyl sites for hydroxylation is 2. The third-order valence-electron chi connectivity index (χ3n) is 3.60. The van der Waals surface area contributed by atoms with Gasteiger partial charge < -0.3 is 16.2 Å². The highest BCUT2D eigenvalue weighted by Crippen LogP contribution is 2.32. The van der Waals surface area contributed by atoms with E-state index in [1.54, 1.807) is 19.1 Å². The van der Waals surface area contributed by atoms with E-state index in [-0.39, 0.29) is 11.7 Å². The van der Waals surface area contributed by atoms with Gasteiger partial charge >= 0.3 is 0 Å². The molecule has 0 fully saturated rings. The van der Waals surface area contributed by atoms with Crippen LogP contribution in [0, 0.1) is 6.92 Å². The molecule has 2 aromatic carbocycles. The first-order chi connectivity index (χ1) is 10.5. The van der Waals surface area contributed by atoms with Crippen LogP contribution in [0.3, 0.4) is 0 Å². The van der Waals surface area contributed by atoms with Crippen LogP contribution < -0.4 is 11.1 Å². The summed E-state index contributed by atoms with van der Waals surface area (Å²) in [5.41, 5.74) is 9.97. The van der Waals surface area contributed by atoms with Crippen LogP contribution >= 0.6 is 0 Å². The van der Waals surface area contributed by atoms with E-state index in [1.165, 1.54) is 6.07 Å². The zero-order valence-corrected chi connectivity index (χ0v) is 12.1. The van der Waals surface area contributed by atoms with E-state index in [0.717, 1.165) is 11.3 Å². The molecule has 0 atom stereocenters. The fraction of sp³-hybridized carbons (Fsp3) is 0.188. The molecule has 6 heteroatoms. The molecule has 4 N–H and O–H groups in total. The van der Waals surface area contributed by atoms with Crippen molar-refractivity contribution in [2.24, 2.45) is 10.2 Å². The van der Waals surface area contributed by atoms with E-state index >= 15 is 0 Å². The first-order valence-electron chi connectivity index (χ1n) is 6.96. The number of benzene rings is 2. The van der Waals surface area contributed by atoms with E-state index in [1.807, 2.05) is 12.1 Å². The zero-order valence-electron chi connectivity index (χ0n) is 12.1. The molecule has 22 heavy (non-hydrogen) atoms. The number of phenolic OH excluding ortho intramolecular Hbond substituents is 1. The normalized spacial score (nSPS) is 14.0. The summed E-state index contributed by atoms with van der Waals surface area (Å²) >= 11 is 0. The molecular formula is C16H16N4O2. The Kier molecular flexibility index (Phi) is 3.50. The van der Waals surface area contributed by atoms with Gasteiger partial charge in [-0.05, 0) is 48.7 Å². The molecule has 3 rings (SSSR count). The molecule has 0 unspecified atom stereocenters. The number of nitrogen functional groups attached to an aromatic ring is 1. The first kappa shape index (κ1) is 14.1. The number of nitrogens with one attached hydrogen (secondary N) is 1. The summed E-state index contributed by atoms with van der Waals surface area (Å²) in [6.07, 6.45) is 1.18. The highest BCUT2D eigenvalue weighted by molar-refractivity contribution is 5.94. The van der Waals surface area contributed by atoms with Crippen LogP contribution in [0.4, 0.5) is 22.7 Å². The summed E-state index contributed by atoms with van der Waals surface area (Å²) in [5.74, 6) is 0.176. The second kappa shape index (κ2) is 5.48. The number of rotatable bonds is 2. The number of fused-ring (bicyclic) bond motifs is 1. The number of amides is 1. The maximum Gasteiger partial charge on any atom is 0.224 e. The van der Waals surface area contributed by atoms with Crippen LogP contribution in [-0.4, -0.2) is 11.0 Å². The van der Waals surface area contributed by atoms with Gasteiger partial charge in [0.25, 0.3) is 0 Å². The van der Waals surface area contributed by atoms with E-state index in [0.29, 0.717) is 35.5 Å². The van der Waals surface area contributed by atoms with Crippen LogP contribution in [0.5, 0.6) is 5.75 Å². The van der Waals surface area contributed by atoms with Crippen LogP contribution in [0.2, 0.25) is 0 Å². The lowest BCUT2D eigenvalue weighted by molar-refractivity contribution is -0.116. The summed E-state index contributed by atoms with van der Waals surface area (Å²) in [6.45, 7) is 1.77. The predicted molar refractivity (Wildman–Crippen MR) is 84.8 cm³/mol. The monoisotopic (exact) mass is 296 g/mol. The molecule has 0 spiro atoms. The molecule has 0 aromatic heterocycles. The Morgan fingerprint density at radius 1 is 1.18 bits per heavy atom. The molecule has 1 heterocycles. The smallest absolute Gasteiger partial charge is 0.224 e. The number of phenols is 1. The van der Waals surface area contributed by atoms with Crippen molar-refractivity contribution in [1.29, 1.82) is 0 Å². The van der Waals surface area contributed by atoms with Gasteiger partial charge in [-0.3, -0.25) is 4.79 Å². The average molecular weight is 296 g/mol. The number of hydrogen-bond donors (Lipinski definition) is 3. The molecule has 0 saturated carbocycles. The fourth-order valence-corrected chi connectivity index (χ4v) is 2.33. The number of carbonyl (C=O) groups excluding carboxylic acids is 1. The van der Waals surface area contributed by atoms with Crippen LogP contribution in [0.25, 0.3) is 0 Å². The molecule has 0 bridgehead atoms. The number of aromatic hydroxyl groups is 1. The van der Waals surface area contributed by atoms with Crippen molar-refractivity contribution in [2.45, 2.75) is 19.8 Å². The topological polar surface area (TPSA) is 100 Å². The minimum atomic E-state index is 0.0363. The van der Waals surface area contributed by atoms with Crippen molar-refractivity contribution in [3.63, 3.8) is 0 Å². The van der Waals surface area contributed by atoms with Crippen LogP contribution in [-0.2, 0) is 11.2 Å². The number of nitrogens with zero attached hydrogens (tertiary/aromatic N) is 2. The molecule has 2 aromatic rings. The van der Waals surface area contributed by atoms with Gasteiger partial charge in [0.05, 0.1) is 11.4 Å². The van der Waals surface area contributed by atoms with E-state index in [9.17, 15) is 9.90 Å². The van der Waals surface area contributed by atoms with Crippen LogP contribution in [0.1, 0.15) is 17.5 Å². The lowest BCUT2D eigenvalue weighted by atomic mass is 10.0. The summed E-state index contributed by atoms with van der Waals surface area (Å²) in [4.78, 5) is 11.3. The van der Waals surface area contributed by atoms with Gasteiger partial charge in [0, 0.05) is 18.2 Å². The summed E-state index contributed by atoms with van der Waals surface area (Å²) in [6, 6.07) is 8.67. The second-order valence-electron chi connectivity index (χ2n) is 5.29. The molecule has 6 nitrogen and oxygen atoms in total. The Bertz CT molecular complexity index is 784. The molecule has 0 aliphatic carbocycles. The standard InChI is InChI=1S/C16H16N4O2/c1-9-6-14(12(17)8-15(9)21)20-19-11-3-4-13-10(7-11)2-5-16(22)18-13/h3-4,6-8,21H,2,5,17H2,1H3,(H,18,22)/b20-19+. The van der Waals surface area contributed by atoms with Gasteiger partial charge in [0.1, 0.15) is 11.4 Å². The number of anilines is 2. The molecule has 0 saturated heterocycles. The Hall–Kier alpha value is -2.89. The molecule has 0 radical (unpaired) electrons. The lowest BCUT2D eigenvalue weighted by Crippen LogP contribution is -2.18. The Morgan fingerprint density at radius 3 is 2.82 bits per heavy atom. The quantitative estimate of drug-likeness (QED) is 0.583. The highest BCUT2D eigenvalue weighted by atomic mass is 16.3. The molecule has 1 aliphatic heterocycles. The number of carbonyl (C=O) groups is 1. The zero-order chi connectivity index (χ0) is 15.7. The van der Waals surface area contributed by atoms with Gasteiger partial charge in [-0.2, -0.15) is 5.11 Å². The molecule has 1 aliphatic rings. The van der Waals surface area contributed by atoms with Crippen molar-refractivity contribution >= 4 is 28.7 Å². The Balaban J connectivity index is 1.87. The summed E-state index contributed by atoms with van der Waals surface area (Å²) in [7, 11) is 0. The third kappa shape index (κ3) is 2.76. The lowest BCUT2D eigenvalue weighted by Gasteiger charge is -2.16. The van der Waals surface area contributed by atoms with Gasteiger partial charge in [0.15, 0.2) is 0 Å². The second-order valence-corrected chi connectivity index (χ2v) is 5.29. The maximum absolute atomic E-state index is 11.3. The molecule has 1 amide bonds. The summed E-state index contributed by atoms with van der Waals surface area (Å²) in [5, 5.41) is 20.7. The van der Waals surface area contributed by atoms with Gasteiger partial charge in [-0.1, -0.05) is 0 Å². The largest absolute Gasteiger partial charge is 0.508 e. The number of azo groups is 1. The predicted octanol–water partition coefficient (Wildman–Crippen LogP) is 3.58. The van der Waals surface area contributed by atoms with E-state index < -0.39 is 0 Å². The summed E-state index contributed by atoms with van der Waals surface area (Å²) < 4.78 is 0. The molecule has 112 valence electrons. The maximum atomic E-state index is 11.3. The minimum absolute atomic E-state index is 0.0363. The Morgan fingerprint density at radius 2 is 2.00 bits per heavy atom. The van der Waals surface area contributed by atoms with Crippen molar-refractivity contribution in [2.75, 3.05) is 11.1 Å². The molecular weight excluding hydrogens is 280 g/mol. The van der Waals surface area contributed by atoms with Crippen molar-refractivity contribution < 1.29 is 9.90 Å². The highest BCUT2D eigenvalue weighted by Gasteiger charge is 2.14. The third-order valence-corrected chi connectivity index (χ3v) is 3.60. The van der Waals surface area contributed by atoms with Crippen LogP contribution in [0.15, 0.2) is 40.6 Å². The van der Waals surface area contributed by atoms with Gasteiger partial charge in [-0.15, -0.1) is 5.11 Å². The van der Waals surface area contributed by atoms with Crippen molar-refractivity contribution in [3.05, 3.63) is 41.5 Å². The number of hydrogen-bond acceptors (Lipinski definition) is 5. The van der Waals surface area contributed by atoms with E-state index in [2.05, 4.69) is 15.5 Å². The number of nitrogens with two attached hydrogens (primary N) is 1. The van der Waals surface area contributed by atoms with E-state index in [4.69, 9.17) is 5.73 Å². The Labute approximate surface area is 127 Å².